The number of unbranched alkanes of at least 4 members (excludes halogenated alkanes) is 2. The molecule has 0 heterocycles. The molecule has 0 saturated heterocycles. The molecular weight excluding hydrogens is 274 g/mol. The zero-order valence-electron chi connectivity index (χ0n) is 12.5. The van der Waals surface area contributed by atoms with E-state index in [4.69, 9.17) is 0 Å². The van der Waals surface area contributed by atoms with Gasteiger partial charge >= 0.3 is 0 Å². The van der Waals surface area contributed by atoms with Crippen LogP contribution >= 0.6 is 0 Å². The largest absolute Gasteiger partial charge is 0.508 e. The van der Waals surface area contributed by atoms with Gasteiger partial charge in [-0.15, -0.1) is 0 Å². The average Bonchev–Trinajstić information content (AvgIpc) is 2.37. The first-order valence-electron chi connectivity index (χ1n) is 7.05. The molecule has 2 N–H and O–H groups in total. The van der Waals surface area contributed by atoms with Crippen LogP contribution in [-0.4, -0.2) is 20.1 Å². The predicted octanol–water partition coefficient (Wildman–Crippen LogP) is 3.28. The molecule has 5 heteroatoms. The number of nitrogens with one attached hydrogen (secondary N) is 1. The summed E-state index contributed by atoms with van der Waals surface area (Å²) in [7, 11) is -3.56. The van der Waals surface area contributed by atoms with E-state index in [1.807, 2.05) is 0 Å². The van der Waals surface area contributed by atoms with Gasteiger partial charge in [-0.05, 0) is 30.0 Å². The van der Waals surface area contributed by atoms with Crippen molar-refractivity contribution in [1.82, 2.24) is 4.72 Å². The molecule has 0 amide bonds. The van der Waals surface area contributed by atoms with Crippen LogP contribution in [0.1, 0.15) is 46.5 Å². The lowest BCUT2D eigenvalue weighted by Crippen LogP contribution is -2.34. The highest BCUT2D eigenvalue weighted by molar-refractivity contribution is 7.89. The highest BCUT2D eigenvalue weighted by Gasteiger charge is 2.22. The van der Waals surface area contributed by atoms with Crippen molar-refractivity contribution in [2.75, 3.05) is 6.54 Å². The lowest BCUT2D eigenvalue weighted by molar-refractivity contribution is 0.320. The van der Waals surface area contributed by atoms with E-state index in [1.54, 1.807) is 0 Å². The molecular formula is C15H25NO3S. The lowest BCUT2D eigenvalue weighted by Gasteiger charge is -2.24. The number of sulfonamides is 1. The van der Waals surface area contributed by atoms with Crippen LogP contribution in [0, 0.1) is 5.41 Å². The fourth-order valence-electron chi connectivity index (χ4n) is 1.97. The number of rotatable bonds is 8. The van der Waals surface area contributed by atoms with Gasteiger partial charge in [0.05, 0.1) is 4.90 Å². The summed E-state index contributed by atoms with van der Waals surface area (Å²) < 4.78 is 26.9. The molecule has 0 radical (unpaired) electrons. The van der Waals surface area contributed by atoms with Gasteiger partial charge in [0, 0.05) is 6.54 Å². The van der Waals surface area contributed by atoms with Crippen molar-refractivity contribution in [2.24, 2.45) is 5.41 Å². The fraction of sp³-hybridized carbons (Fsp3) is 0.600. The van der Waals surface area contributed by atoms with E-state index in [0.717, 1.165) is 19.3 Å². The van der Waals surface area contributed by atoms with Crippen LogP contribution in [0.5, 0.6) is 5.75 Å². The Morgan fingerprint density at radius 2 is 1.95 bits per heavy atom. The standard InChI is InChI=1S/C15H25NO3S/c1-4-5-6-10-15(2,3)12-16-20(18,19)14-9-7-8-13(17)11-14/h7-9,11,16-17H,4-6,10,12H2,1-3H3. The first kappa shape index (κ1) is 17.0. The molecule has 1 aromatic carbocycles. The lowest BCUT2D eigenvalue weighted by atomic mass is 9.87. The summed E-state index contributed by atoms with van der Waals surface area (Å²) in [5.41, 5.74) is -0.0704. The molecule has 0 atom stereocenters. The van der Waals surface area contributed by atoms with Gasteiger partial charge in [0.25, 0.3) is 0 Å². The molecule has 0 aliphatic carbocycles. The first-order chi connectivity index (χ1) is 9.27. The number of phenolic OH excluding ortho intramolecular Hbond substituents is 1. The van der Waals surface area contributed by atoms with Crippen molar-refractivity contribution in [3.05, 3.63) is 24.3 Å². The second-order valence-electron chi connectivity index (χ2n) is 5.94. The monoisotopic (exact) mass is 299 g/mol. The maximum atomic E-state index is 12.1. The van der Waals surface area contributed by atoms with Crippen LogP contribution in [0.3, 0.4) is 0 Å². The third-order valence-electron chi connectivity index (χ3n) is 3.33. The minimum atomic E-state index is -3.56. The van der Waals surface area contributed by atoms with Crippen molar-refractivity contribution in [3.63, 3.8) is 0 Å². The Morgan fingerprint density at radius 1 is 1.25 bits per heavy atom. The zero-order valence-corrected chi connectivity index (χ0v) is 13.3. The van der Waals surface area contributed by atoms with Gasteiger partial charge < -0.3 is 5.11 Å². The van der Waals surface area contributed by atoms with Gasteiger partial charge in [0.15, 0.2) is 0 Å². The minimum absolute atomic E-state index is 0.0462. The number of hydrogen-bond donors (Lipinski definition) is 2. The zero-order chi connectivity index (χ0) is 15.2. The Hall–Kier alpha value is -1.07. The maximum absolute atomic E-state index is 12.1. The van der Waals surface area contributed by atoms with Crippen molar-refractivity contribution < 1.29 is 13.5 Å². The minimum Gasteiger partial charge on any atom is -0.508 e. The Kier molecular flexibility index (Phi) is 6.02. The third kappa shape index (κ3) is 5.51. The molecule has 0 spiro atoms. The summed E-state index contributed by atoms with van der Waals surface area (Å²) in [5.74, 6) is -0.0462. The molecule has 0 saturated carbocycles. The van der Waals surface area contributed by atoms with Gasteiger partial charge in [-0.1, -0.05) is 46.1 Å². The van der Waals surface area contributed by atoms with E-state index in [9.17, 15) is 13.5 Å². The Labute approximate surface area is 122 Å². The van der Waals surface area contributed by atoms with E-state index in [2.05, 4.69) is 25.5 Å². The number of benzene rings is 1. The maximum Gasteiger partial charge on any atom is 0.240 e. The quantitative estimate of drug-likeness (QED) is 0.724. The molecule has 1 aromatic rings. The molecule has 20 heavy (non-hydrogen) atoms. The van der Waals surface area contributed by atoms with E-state index in [-0.39, 0.29) is 16.1 Å². The number of aromatic hydroxyl groups is 1. The summed E-state index contributed by atoms with van der Waals surface area (Å²) >= 11 is 0. The van der Waals surface area contributed by atoms with Crippen LogP contribution in [0.15, 0.2) is 29.2 Å². The fourth-order valence-corrected chi connectivity index (χ4v) is 3.25. The number of phenols is 1. The predicted molar refractivity (Wildman–Crippen MR) is 81.2 cm³/mol. The van der Waals surface area contributed by atoms with E-state index >= 15 is 0 Å². The summed E-state index contributed by atoms with van der Waals surface area (Å²) in [6, 6.07) is 5.71. The molecule has 114 valence electrons. The molecule has 4 nitrogen and oxygen atoms in total. The molecule has 0 aromatic heterocycles. The molecule has 0 aliphatic rings. The van der Waals surface area contributed by atoms with E-state index in [1.165, 1.54) is 30.7 Å². The van der Waals surface area contributed by atoms with Gasteiger partial charge in [-0.25, -0.2) is 13.1 Å². The molecule has 0 unspecified atom stereocenters. The van der Waals surface area contributed by atoms with Crippen molar-refractivity contribution >= 4 is 10.0 Å². The molecule has 0 bridgehead atoms. The van der Waals surface area contributed by atoms with Gasteiger partial charge in [-0.3, -0.25) is 0 Å². The highest BCUT2D eigenvalue weighted by atomic mass is 32.2. The Balaban J connectivity index is 2.63. The van der Waals surface area contributed by atoms with Gasteiger partial charge in [-0.2, -0.15) is 0 Å². The van der Waals surface area contributed by atoms with Gasteiger partial charge in [0.1, 0.15) is 5.75 Å². The first-order valence-corrected chi connectivity index (χ1v) is 8.54. The van der Waals surface area contributed by atoms with Crippen molar-refractivity contribution in [1.29, 1.82) is 0 Å². The summed E-state index contributed by atoms with van der Waals surface area (Å²) in [4.78, 5) is 0.0989. The van der Waals surface area contributed by atoms with E-state index in [0.29, 0.717) is 6.54 Å². The summed E-state index contributed by atoms with van der Waals surface area (Å²) in [6.45, 7) is 6.67. The second kappa shape index (κ2) is 7.09. The summed E-state index contributed by atoms with van der Waals surface area (Å²) in [5, 5.41) is 9.36. The topological polar surface area (TPSA) is 66.4 Å². The molecule has 0 fully saturated rings. The van der Waals surface area contributed by atoms with Crippen LogP contribution < -0.4 is 4.72 Å². The Bertz CT molecular complexity index is 524. The summed E-state index contributed by atoms with van der Waals surface area (Å²) in [6.07, 6.45) is 4.43. The van der Waals surface area contributed by atoms with Crippen LogP contribution in [0.2, 0.25) is 0 Å². The Morgan fingerprint density at radius 3 is 2.55 bits per heavy atom. The van der Waals surface area contributed by atoms with Gasteiger partial charge in [0.2, 0.25) is 10.0 Å². The smallest absolute Gasteiger partial charge is 0.240 e. The average molecular weight is 299 g/mol. The number of hydrogen-bond acceptors (Lipinski definition) is 3. The molecule has 0 aliphatic heterocycles. The van der Waals surface area contributed by atoms with Crippen LogP contribution in [0.4, 0.5) is 0 Å². The SMILES string of the molecule is CCCCCC(C)(C)CNS(=O)(=O)c1cccc(O)c1. The normalized spacial score (nSPS) is 12.6. The van der Waals surface area contributed by atoms with E-state index < -0.39 is 10.0 Å². The van der Waals surface area contributed by atoms with Crippen LogP contribution in [0.25, 0.3) is 0 Å². The second-order valence-corrected chi connectivity index (χ2v) is 7.71. The molecule has 1 rings (SSSR count). The van der Waals surface area contributed by atoms with Crippen LogP contribution in [-0.2, 0) is 10.0 Å². The van der Waals surface area contributed by atoms with Crippen molar-refractivity contribution in [2.45, 2.75) is 51.3 Å². The highest BCUT2D eigenvalue weighted by Crippen LogP contribution is 2.24. The van der Waals surface area contributed by atoms with Crippen molar-refractivity contribution in [3.8, 4) is 5.75 Å². The third-order valence-corrected chi connectivity index (χ3v) is 4.72.